The van der Waals surface area contributed by atoms with Gasteiger partial charge in [-0.05, 0) is 64.8 Å². The van der Waals surface area contributed by atoms with Gasteiger partial charge in [-0.3, -0.25) is 9.80 Å². The number of likely N-dealkylation sites (tertiary alicyclic amines) is 1. The van der Waals surface area contributed by atoms with Crippen LogP contribution in [0.5, 0.6) is 0 Å². The molecule has 3 aromatic heterocycles. The van der Waals surface area contributed by atoms with Crippen LogP contribution in [0.2, 0.25) is 0 Å². The second kappa shape index (κ2) is 13.6. The first kappa shape index (κ1) is 33.7. The van der Waals surface area contributed by atoms with Crippen molar-refractivity contribution in [2.45, 2.75) is 78.7 Å². The minimum atomic E-state index is -1.06. The molecule has 0 amide bonds. The van der Waals surface area contributed by atoms with Gasteiger partial charge in [-0.15, -0.1) is 0 Å². The smallest absolute Gasteiger partial charge is 0.229 e. The lowest BCUT2D eigenvalue weighted by Gasteiger charge is -2.45. The lowest BCUT2D eigenvalue weighted by atomic mass is 9.94. The molecule has 9 nitrogen and oxygen atoms in total. The number of benzene rings is 1. The number of nitrogens with one attached hydrogen (secondary N) is 1. The van der Waals surface area contributed by atoms with Crippen molar-refractivity contribution < 1.29 is 19.3 Å². The number of alkyl halides is 1. The number of aromatic nitrogens is 5. The van der Waals surface area contributed by atoms with Gasteiger partial charge in [0.1, 0.15) is 28.5 Å². The zero-order valence-electron chi connectivity index (χ0n) is 27.9. The van der Waals surface area contributed by atoms with Crippen molar-refractivity contribution in [2.75, 3.05) is 44.6 Å². The second-order valence-corrected chi connectivity index (χ2v) is 12.9. The lowest BCUT2D eigenvalue weighted by molar-refractivity contribution is -0.114. The van der Waals surface area contributed by atoms with Crippen molar-refractivity contribution in [2.24, 2.45) is 0 Å². The van der Waals surface area contributed by atoms with Crippen LogP contribution in [0.15, 0.2) is 36.7 Å². The van der Waals surface area contributed by atoms with Crippen molar-refractivity contribution in [3.63, 3.8) is 0 Å². The summed E-state index contributed by atoms with van der Waals surface area (Å²) in [6.07, 6.45) is 3.71. The van der Waals surface area contributed by atoms with Gasteiger partial charge in [0.15, 0.2) is 11.6 Å². The van der Waals surface area contributed by atoms with Gasteiger partial charge >= 0.3 is 0 Å². The molecule has 1 atom stereocenters. The SMILES string of the molecule is CC.Cc1nc2c(F)cc(-c3nc(Nc4ccc(CN5CCO[C@](C)(CCN6CC(C)(F)C6)C5)cn4)ncc3F)cc2n1C(C)C.[HH]. The Hall–Kier alpha value is -3.61. The van der Waals surface area contributed by atoms with E-state index in [0.29, 0.717) is 42.4 Å². The standard InChI is InChI=1S/C32H39F3N8O.C2H6.H2/c1-20(2)43-21(3)38-29-24(33)12-23(13-26(29)43)28-25(34)15-37-30(40-28)39-27-7-6-22(14-36-27)16-41-10-11-44-32(5,19-41)8-9-42-17-31(4,35)18-42;1-2;/h6-7,12-15,20H,8-11,16-19H2,1-5H3,(H,36,37,39,40);1-2H3;1H/t32-;;/m1../s1. The van der Waals surface area contributed by atoms with Gasteiger partial charge in [0.25, 0.3) is 0 Å². The Morgan fingerprint density at radius 2 is 1.76 bits per heavy atom. The van der Waals surface area contributed by atoms with Gasteiger partial charge in [0.05, 0.1) is 23.9 Å². The Morgan fingerprint density at radius 3 is 2.43 bits per heavy atom. The number of fused-ring (bicyclic) bond motifs is 1. The molecule has 6 rings (SSSR count). The number of aryl methyl sites for hydroxylation is 1. The molecule has 4 aromatic rings. The molecule has 0 aliphatic carbocycles. The number of rotatable bonds is 9. The average Bonchev–Trinajstić information content (AvgIpc) is 3.34. The summed E-state index contributed by atoms with van der Waals surface area (Å²) in [7, 11) is 0. The maximum atomic E-state index is 15.0. The maximum Gasteiger partial charge on any atom is 0.229 e. The summed E-state index contributed by atoms with van der Waals surface area (Å²) in [6, 6.07) is 6.82. The van der Waals surface area contributed by atoms with E-state index in [0.717, 1.165) is 44.4 Å². The summed E-state index contributed by atoms with van der Waals surface area (Å²) in [5, 5.41) is 3.04. The van der Waals surface area contributed by atoms with E-state index in [-0.39, 0.29) is 30.2 Å². The zero-order chi connectivity index (χ0) is 33.2. The number of anilines is 2. The molecule has 2 aliphatic heterocycles. The van der Waals surface area contributed by atoms with Crippen LogP contribution in [0.25, 0.3) is 22.3 Å². The number of hydrogen-bond acceptors (Lipinski definition) is 8. The van der Waals surface area contributed by atoms with Gasteiger partial charge in [-0.2, -0.15) is 0 Å². The summed E-state index contributed by atoms with van der Waals surface area (Å²) in [6.45, 7) is 18.3. The zero-order valence-corrected chi connectivity index (χ0v) is 27.9. The van der Waals surface area contributed by atoms with Crippen molar-refractivity contribution in [3.8, 4) is 11.3 Å². The molecule has 5 heterocycles. The van der Waals surface area contributed by atoms with Crippen LogP contribution in [-0.2, 0) is 11.3 Å². The van der Waals surface area contributed by atoms with E-state index in [1.165, 1.54) is 6.07 Å². The number of morpholine rings is 1. The molecule has 0 bridgehead atoms. The normalized spacial score (nSPS) is 20.0. The molecule has 1 aromatic carbocycles. The summed E-state index contributed by atoms with van der Waals surface area (Å²) in [5.41, 5.74) is 0.801. The van der Waals surface area contributed by atoms with E-state index in [1.54, 1.807) is 19.2 Å². The van der Waals surface area contributed by atoms with Crippen molar-refractivity contribution in [1.82, 2.24) is 34.3 Å². The molecule has 2 aliphatic rings. The second-order valence-electron chi connectivity index (χ2n) is 12.9. The molecule has 0 spiro atoms. The van der Waals surface area contributed by atoms with E-state index in [1.807, 2.05) is 51.3 Å². The summed E-state index contributed by atoms with van der Waals surface area (Å²) in [5.74, 6) is 0.138. The highest BCUT2D eigenvalue weighted by Gasteiger charge is 2.40. The summed E-state index contributed by atoms with van der Waals surface area (Å²) < 4.78 is 51.8. The van der Waals surface area contributed by atoms with Gasteiger partial charge in [-0.1, -0.05) is 19.9 Å². The predicted molar refractivity (Wildman–Crippen MR) is 177 cm³/mol. The molecular weight excluding hydrogens is 593 g/mol. The molecule has 2 fully saturated rings. The third-order valence-electron chi connectivity index (χ3n) is 8.41. The maximum absolute atomic E-state index is 15.0. The fourth-order valence-corrected chi connectivity index (χ4v) is 6.40. The van der Waals surface area contributed by atoms with Crippen LogP contribution in [-0.4, -0.2) is 84.9 Å². The van der Waals surface area contributed by atoms with Crippen LogP contribution in [0, 0.1) is 18.6 Å². The fourth-order valence-electron chi connectivity index (χ4n) is 6.40. The van der Waals surface area contributed by atoms with Crippen LogP contribution >= 0.6 is 0 Å². The highest BCUT2D eigenvalue weighted by atomic mass is 19.1. The minimum Gasteiger partial charge on any atom is -0.373 e. The Balaban J connectivity index is 0.00000164. The summed E-state index contributed by atoms with van der Waals surface area (Å²) >= 11 is 0. The number of nitrogens with zero attached hydrogens (tertiary/aromatic N) is 7. The van der Waals surface area contributed by atoms with E-state index in [9.17, 15) is 8.78 Å². The first-order valence-corrected chi connectivity index (χ1v) is 16.1. The first-order valence-electron chi connectivity index (χ1n) is 16.1. The molecule has 1 N–H and O–H groups in total. The molecule has 2 saturated heterocycles. The Bertz CT molecular complexity index is 1660. The van der Waals surface area contributed by atoms with Crippen molar-refractivity contribution >= 4 is 22.8 Å². The van der Waals surface area contributed by atoms with Crippen LogP contribution in [0.4, 0.5) is 24.9 Å². The minimum absolute atomic E-state index is 0. The molecule has 0 saturated carbocycles. The molecule has 46 heavy (non-hydrogen) atoms. The van der Waals surface area contributed by atoms with Gasteiger partial charge in [0, 0.05) is 58.5 Å². The van der Waals surface area contributed by atoms with Crippen LogP contribution in [0.3, 0.4) is 0 Å². The predicted octanol–water partition coefficient (Wildman–Crippen LogP) is 7.10. The molecule has 12 heteroatoms. The van der Waals surface area contributed by atoms with E-state index < -0.39 is 17.3 Å². The van der Waals surface area contributed by atoms with E-state index in [2.05, 4.69) is 42.0 Å². The first-order chi connectivity index (χ1) is 21.9. The highest BCUT2D eigenvalue weighted by molar-refractivity contribution is 5.83. The lowest BCUT2D eigenvalue weighted by Crippen LogP contribution is -2.59. The largest absolute Gasteiger partial charge is 0.373 e. The number of halogens is 3. The fraction of sp³-hybridized carbons (Fsp3) is 0.529. The van der Waals surface area contributed by atoms with Crippen LogP contribution in [0.1, 0.15) is 66.8 Å². The molecular formula is C34H47F3N8O. The topological polar surface area (TPSA) is 84.2 Å². The van der Waals surface area contributed by atoms with E-state index in [4.69, 9.17) is 4.74 Å². The number of imidazole rings is 1. The third kappa shape index (κ3) is 7.50. The number of ether oxygens (including phenoxy) is 1. The van der Waals surface area contributed by atoms with Gasteiger partial charge in [-0.25, -0.2) is 33.1 Å². The summed E-state index contributed by atoms with van der Waals surface area (Å²) in [4.78, 5) is 21.8. The molecule has 250 valence electrons. The molecule has 0 unspecified atom stereocenters. The van der Waals surface area contributed by atoms with Crippen LogP contribution < -0.4 is 5.32 Å². The third-order valence-corrected chi connectivity index (χ3v) is 8.41. The van der Waals surface area contributed by atoms with Crippen molar-refractivity contribution in [1.29, 1.82) is 0 Å². The Kier molecular flexibility index (Phi) is 10.00. The van der Waals surface area contributed by atoms with Gasteiger partial charge < -0.3 is 14.6 Å². The van der Waals surface area contributed by atoms with Crippen molar-refractivity contribution in [3.05, 3.63) is 59.7 Å². The Labute approximate surface area is 270 Å². The highest BCUT2D eigenvalue weighted by Crippen LogP contribution is 2.31. The quantitative estimate of drug-likeness (QED) is 0.208. The Morgan fingerprint density at radius 1 is 1.00 bits per heavy atom. The molecule has 0 radical (unpaired) electrons. The monoisotopic (exact) mass is 640 g/mol. The average molecular weight is 641 g/mol. The number of hydrogen-bond donors (Lipinski definition) is 1. The van der Waals surface area contributed by atoms with E-state index >= 15 is 4.39 Å². The van der Waals surface area contributed by atoms with Gasteiger partial charge in [0.2, 0.25) is 5.95 Å². The number of pyridine rings is 1.